The van der Waals surface area contributed by atoms with Gasteiger partial charge in [0.15, 0.2) is 0 Å². The Balaban J connectivity index is 1.94. The van der Waals surface area contributed by atoms with Crippen molar-refractivity contribution in [1.82, 2.24) is 20.3 Å². The predicted octanol–water partition coefficient (Wildman–Crippen LogP) is 3.63. The summed E-state index contributed by atoms with van der Waals surface area (Å²) in [5.74, 6) is 0.215. The minimum Gasteiger partial charge on any atom is -0.384 e. The van der Waals surface area contributed by atoms with Crippen molar-refractivity contribution in [2.45, 2.75) is 12.1 Å². The van der Waals surface area contributed by atoms with Crippen molar-refractivity contribution in [1.29, 1.82) is 0 Å². The van der Waals surface area contributed by atoms with Crippen LogP contribution >= 0.6 is 11.6 Å². The highest BCUT2D eigenvalue weighted by atomic mass is 35.5. The van der Waals surface area contributed by atoms with Crippen molar-refractivity contribution >= 4 is 28.3 Å². The molecule has 9 heteroatoms. The normalized spacial score (nSPS) is 15.2. The average Bonchev–Trinajstić information content (AvgIpc) is 2.52. The maximum absolute atomic E-state index is 13.4. The lowest BCUT2D eigenvalue weighted by atomic mass is 9.94. The number of nitrogens with zero attached hydrogens (tertiary/aromatic N) is 3. The molecule has 0 saturated carbocycles. The Morgan fingerprint density at radius 2 is 1.92 bits per heavy atom. The maximum Gasteiger partial charge on any atom is 0.418 e. The second-order valence-corrected chi connectivity index (χ2v) is 6.50. The number of anilines is 1. The van der Waals surface area contributed by atoms with E-state index in [0.29, 0.717) is 5.52 Å². The van der Waals surface area contributed by atoms with Crippen molar-refractivity contribution in [3.8, 4) is 11.3 Å². The molecule has 1 aromatic carbocycles. The lowest BCUT2D eigenvalue weighted by Gasteiger charge is -2.27. The van der Waals surface area contributed by atoms with Gasteiger partial charge < -0.3 is 11.1 Å². The molecule has 1 saturated heterocycles. The Hall–Kier alpha value is -2.45. The first-order valence-electron chi connectivity index (χ1n) is 7.83. The predicted molar refractivity (Wildman–Crippen MR) is 92.8 cm³/mol. The summed E-state index contributed by atoms with van der Waals surface area (Å²) in [6, 6.07) is 5.13. The Kier molecular flexibility index (Phi) is 3.96. The van der Waals surface area contributed by atoms with E-state index < -0.39 is 11.7 Å². The van der Waals surface area contributed by atoms with Gasteiger partial charge in [-0.05, 0) is 24.3 Å². The molecular formula is C17H13ClF3N5. The first-order chi connectivity index (χ1) is 12.3. The Labute approximate surface area is 151 Å². The number of fused-ring (bicyclic) bond motifs is 1. The van der Waals surface area contributed by atoms with Gasteiger partial charge in [0.2, 0.25) is 0 Å². The standard InChI is InChI=1S/C17H13ClF3N5/c18-12-3-10-13(24-7-25-15(10)8-5-23-6-8)4-9(12)16-11(17(19,20)21)1-2-14(22)26-16/h1-4,7-8,23H,5-6H2,(H2,22,26). The lowest BCUT2D eigenvalue weighted by molar-refractivity contribution is -0.137. The molecule has 1 aliphatic rings. The van der Waals surface area contributed by atoms with Crippen LogP contribution in [0, 0.1) is 0 Å². The number of hydrogen-bond donors (Lipinski definition) is 2. The number of nitrogens with two attached hydrogens (primary N) is 1. The molecule has 0 spiro atoms. The van der Waals surface area contributed by atoms with E-state index in [1.54, 1.807) is 6.07 Å². The Morgan fingerprint density at radius 3 is 2.58 bits per heavy atom. The van der Waals surface area contributed by atoms with E-state index in [1.165, 1.54) is 12.4 Å². The highest BCUT2D eigenvalue weighted by Crippen LogP contribution is 2.40. The fourth-order valence-corrected chi connectivity index (χ4v) is 3.25. The van der Waals surface area contributed by atoms with Crippen LogP contribution in [0.3, 0.4) is 0 Å². The summed E-state index contributed by atoms with van der Waals surface area (Å²) in [6.07, 6.45) is -3.17. The Bertz CT molecular complexity index is 1000. The summed E-state index contributed by atoms with van der Waals surface area (Å²) in [5, 5.41) is 4.03. The zero-order valence-electron chi connectivity index (χ0n) is 13.3. The van der Waals surface area contributed by atoms with E-state index in [0.717, 1.165) is 36.3 Å². The highest BCUT2D eigenvalue weighted by molar-refractivity contribution is 6.34. The van der Waals surface area contributed by atoms with E-state index in [4.69, 9.17) is 17.3 Å². The van der Waals surface area contributed by atoms with Crippen LogP contribution < -0.4 is 11.1 Å². The van der Waals surface area contributed by atoms with Crippen LogP contribution in [0.5, 0.6) is 0 Å². The zero-order chi connectivity index (χ0) is 18.5. The maximum atomic E-state index is 13.4. The molecule has 0 aliphatic carbocycles. The van der Waals surface area contributed by atoms with E-state index in [2.05, 4.69) is 20.3 Å². The van der Waals surface area contributed by atoms with Gasteiger partial charge in [0, 0.05) is 30.0 Å². The van der Waals surface area contributed by atoms with Crippen molar-refractivity contribution in [3.63, 3.8) is 0 Å². The smallest absolute Gasteiger partial charge is 0.384 e. The second-order valence-electron chi connectivity index (χ2n) is 6.09. The van der Waals surface area contributed by atoms with Gasteiger partial charge in [0.25, 0.3) is 0 Å². The van der Waals surface area contributed by atoms with Gasteiger partial charge in [-0.1, -0.05) is 11.6 Å². The molecule has 0 amide bonds. The first kappa shape index (κ1) is 17.0. The van der Waals surface area contributed by atoms with Crippen LogP contribution in [0.25, 0.3) is 22.2 Å². The molecule has 1 aliphatic heterocycles. The van der Waals surface area contributed by atoms with E-state index in [-0.39, 0.29) is 28.0 Å². The molecular weight excluding hydrogens is 367 g/mol. The van der Waals surface area contributed by atoms with Crippen molar-refractivity contribution in [3.05, 3.63) is 46.9 Å². The van der Waals surface area contributed by atoms with Crippen LogP contribution in [-0.4, -0.2) is 28.0 Å². The molecule has 1 fully saturated rings. The summed E-state index contributed by atoms with van der Waals surface area (Å²) < 4.78 is 40.1. The van der Waals surface area contributed by atoms with Gasteiger partial charge in [-0.15, -0.1) is 0 Å². The number of benzene rings is 1. The summed E-state index contributed by atoms with van der Waals surface area (Å²) in [6.45, 7) is 1.58. The van der Waals surface area contributed by atoms with E-state index in [9.17, 15) is 13.2 Å². The number of pyridine rings is 1. The third kappa shape index (κ3) is 2.85. The molecule has 4 rings (SSSR count). The minimum absolute atomic E-state index is 0.0203. The van der Waals surface area contributed by atoms with Crippen molar-refractivity contribution in [2.75, 3.05) is 18.8 Å². The van der Waals surface area contributed by atoms with E-state index >= 15 is 0 Å². The largest absolute Gasteiger partial charge is 0.418 e. The summed E-state index contributed by atoms with van der Waals surface area (Å²) in [7, 11) is 0. The van der Waals surface area contributed by atoms with Crippen LogP contribution in [0.15, 0.2) is 30.6 Å². The summed E-state index contributed by atoms with van der Waals surface area (Å²) in [4.78, 5) is 12.4. The second kappa shape index (κ2) is 6.07. The fourth-order valence-electron chi connectivity index (χ4n) is 2.99. The van der Waals surface area contributed by atoms with Gasteiger partial charge in [-0.25, -0.2) is 15.0 Å². The van der Waals surface area contributed by atoms with Crippen LogP contribution in [-0.2, 0) is 6.18 Å². The molecule has 0 unspecified atom stereocenters. The van der Waals surface area contributed by atoms with Crippen LogP contribution in [0.1, 0.15) is 17.2 Å². The molecule has 0 radical (unpaired) electrons. The molecule has 3 heterocycles. The molecule has 2 aromatic heterocycles. The topological polar surface area (TPSA) is 76.7 Å². The van der Waals surface area contributed by atoms with Crippen molar-refractivity contribution in [2.24, 2.45) is 0 Å². The third-order valence-corrected chi connectivity index (χ3v) is 4.71. The van der Waals surface area contributed by atoms with E-state index in [1.807, 2.05) is 0 Å². The zero-order valence-corrected chi connectivity index (χ0v) is 14.1. The number of halogens is 4. The minimum atomic E-state index is -4.58. The molecule has 26 heavy (non-hydrogen) atoms. The first-order valence-corrected chi connectivity index (χ1v) is 8.21. The monoisotopic (exact) mass is 379 g/mol. The van der Waals surface area contributed by atoms with Gasteiger partial charge in [-0.3, -0.25) is 0 Å². The van der Waals surface area contributed by atoms with Crippen LogP contribution in [0.2, 0.25) is 5.02 Å². The van der Waals surface area contributed by atoms with Gasteiger partial charge >= 0.3 is 6.18 Å². The Morgan fingerprint density at radius 1 is 1.15 bits per heavy atom. The molecule has 3 N–H and O–H groups in total. The lowest BCUT2D eigenvalue weighted by Crippen LogP contribution is -2.40. The highest BCUT2D eigenvalue weighted by Gasteiger charge is 2.35. The van der Waals surface area contributed by atoms with Crippen LogP contribution in [0.4, 0.5) is 19.0 Å². The number of rotatable bonds is 2. The number of hydrogen-bond acceptors (Lipinski definition) is 5. The van der Waals surface area contributed by atoms with Crippen molar-refractivity contribution < 1.29 is 13.2 Å². The number of alkyl halides is 3. The number of nitrogen functional groups attached to an aromatic ring is 1. The molecule has 5 nitrogen and oxygen atoms in total. The average molecular weight is 380 g/mol. The summed E-state index contributed by atoms with van der Waals surface area (Å²) in [5.41, 5.74) is 5.88. The fraction of sp³-hybridized carbons (Fsp3) is 0.235. The third-order valence-electron chi connectivity index (χ3n) is 4.40. The molecule has 0 bridgehead atoms. The van der Waals surface area contributed by atoms with Gasteiger partial charge in [-0.2, -0.15) is 13.2 Å². The SMILES string of the molecule is Nc1ccc(C(F)(F)F)c(-c2cc3ncnc(C4CNC4)c3cc2Cl)n1. The summed E-state index contributed by atoms with van der Waals surface area (Å²) >= 11 is 6.33. The molecule has 0 atom stereocenters. The number of aromatic nitrogens is 3. The van der Waals surface area contributed by atoms with Gasteiger partial charge in [0.1, 0.15) is 12.1 Å². The quantitative estimate of drug-likeness (QED) is 0.711. The van der Waals surface area contributed by atoms with Gasteiger partial charge in [0.05, 0.1) is 27.5 Å². The number of nitrogens with one attached hydrogen (secondary N) is 1. The molecule has 3 aromatic rings. The molecule has 134 valence electrons.